The first-order valence-corrected chi connectivity index (χ1v) is 9.97. The van der Waals surface area contributed by atoms with E-state index in [1.165, 1.54) is 11.3 Å². The van der Waals surface area contributed by atoms with E-state index in [4.69, 9.17) is 4.74 Å². The van der Waals surface area contributed by atoms with Gasteiger partial charge in [-0.15, -0.1) is 11.3 Å². The Morgan fingerprint density at radius 1 is 1.24 bits per heavy atom. The van der Waals surface area contributed by atoms with Gasteiger partial charge in [-0.1, -0.05) is 6.07 Å². The van der Waals surface area contributed by atoms with Crippen LogP contribution in [-0.2, 0) is 17.8 Å². The molecule has 0 aromatic carbocycles. The van der Waals surface area contributed by atoms with Crippen molar-refractivity contribution in [1.82, 2.24) is 19.8 Å². The second kappa shape index (κ2) is 7.50. The van der Waals surface area contributed by atoms with Gasteiger partial charge in [-0.25, -0.2) is 4.98 Å². The molecule has 5 nitrogen and oxygen atoms in total. The van der Waals surface area contributed by atoms with Crippen molar-refractivity contribution in [2.75, 3.05) is 32.8 Å². The molecular weight excluding hydrogens is 332 g/mol. The Balaban J connectivity index is 1.40. The highest BCUT2D eigenvalue weighted by atomic mass is 32.1. The lowest BCUT2D eigenvalue weighted by Crippen LogP contribution is -2.60. The maximum absolute atomic E-state index is 5.90. The highest BCUT2D eigenvalue weighted by molar-refractivity contribution is 7.09. The largest absolute Gasteiger partial charge is 0.378 e. The first-order chi connectivity index (χ1) is 12.2. The molecule has 0 N–H and O–H groups in total. The third-order valence-corrected chi connectivity index (χ3v) is 6.30. The molecule has 0 radical (unpaired) electrons. The lowest BCUT2D eigenvalue weighted by molar-refractivity contribution is -0.0999. The molecule has 0 amide bonds. The monoisotopic (exact) mass is 358 g/mol. The van der Waals surface area contributed by atoms with Crippen LogP contribution >= 0.6 is 11.3 Å². The highest BCUT2D eigenvalue weighted by Gasteiger charge is 2.42. The number of piperidine rings is 1. The minimum atomic E-state index is 0.182. The highest BCUT2D eigenvalue weighted by Crippen LogP contribution is 2.33. The van der Waals surface area contributed by atoms with Gasteiger partial charge in [0.1, 0.15) is 0 Å². The number of pyridine rings is 1. The summed E-state index contributed by atoms with van der Waals surface area (Å²) in [7, 11) is 0. The van der Waals surface area contributed by atoms with Crippen LogP contribution in [0.2, 0.25) is 0 Å². The van der Waals surface area contributed by atoms with Gasteiger partial charge in [0.2, 0.25) is 0 Å². The Bertz CT molecular complexity index is 682. The summed E-state index contributed by atoms with van der Waals surface area (Å²) >= 11 is 1.75. The fraction of sp³-hybridized carbons (Fsp3) is 0.579. The second-order valence-electron chi connectivity index (χ2n) is 7.19. The molecule has 0 bridgehead atoms. The van der Waals surface area contributed by atoms with Gasteiger partial charge in [0, 0.05) is 56.0 Å². The quantitative estimate of drug-likeness (QED) is 0.841. The van der Waals surface area contributed by atoms with Gasteiger partial charge in [0.05, 0.1) is 23.9 Å². The molecule has 4 heterocycles. The molecule has 1 spiro atoms. The summed E-state index contributed by atoms with van der Waals surface area (Å²) in [5.74, 6) is 0. The molecule has 2 aliphatic heterocycles. The van der Waals surface area contributed by atoms with Crippen molar-refractivity contribution in [3.05, 3.63) is 46.2 Å². The van der Waals surface area contributed by atoms with Crippen LogP contribution in [0.15, 0.2) is 29.9 Å². The molecule has 2 fully saturated rings. The molecule has 2 aromatic rings. The second-order valence-corrected chi connectivity index (χ2v) is 8.26. The molecule has 2 aliphatic rings. The molecular formula is C19H26N4OS. The van der Waals surface area contributed by atoms with E-state index in [0.717, 1.165) is 63.8 Å². The van der Waals surface area contributed by atoms with Crippen molar-refractivity contribution in [3.63, 3.8) is 0 Å². The van der Waals surface area contributed by atoms with Crippen LogP contribution in [0.3, 0.4) is 0 Å². The average Bonchev–Trinajstić information content (AvgIpc) is 3.05. The zero-order valence-electron chi connectivity index (χ0n) is 14.9. The zero-order valence-corrected chi connectivity index (χ0v) is 15.7. The van der Waals surface area contributed by atoms with E-state index in [2.05, 4.69) is 38.1 Å². The fourth-order valence-corrected chi connectivity index (χ4v) is 4.63. The van der Waals surface area contributed by atoms with Gasteiger partial charge in [0.25, 0.3) is 0 Å². The van der Waals surface area contributed by atoms with E-state index in [1.54, 1.807) is 11.3 Å². The first kappa shape index (κ1) is 17.1. The molecule has 25 heavy (non-hydrogen) atoms. The number of rotatable bonds is 4. The molecule has 0 unspecified atom stereocenters. The summed E-state index contributed by atoms with van der Waals surface area (Å²) in [6.45, 7) is 8.97. The Kier molecular flexibility index (Phi) is 5.12. The van der Waals surface area contributed by atoms with Crippen molar-refractivity contribution in [1.29, 1.82) is 0 Å². The molecule has 2 aromatic heterocycles. The predicted octanol–water partition coefficient (Wildman–Crippen LogP) is 2.71. The summed E-state index contributed by atoms with van der Waals surface area (Å²) in [6, 6.07) is 4.19. The standard InChI is InChI=1S/C19H26N4OS/c1-16-21-18(14-25-16)13-23-9-10-24-15-19(23)4-7-22(8-5-19)12-17-3-2-6-20-11-17/h2-3,6,11,14H,4-5,7-10,12-13,15H2,1H3. The van der Waals surface area contributed by atoms with E-state index < -0.39 is 0 Å². The number of hydrogen-bond donors (Lipinski definition) is 0. The van der Waals surface area contributed by atoms with Gasteiger partial charge in [0.15, 0.2) is 0 Å². The smallest absolute Gasteiger partial charge is 0.0897 e. The molecule has 6 heteroatoms. The van der Waals surface area contributed by atoms with Crippen LogP contribution in [0.4, 0.5) is 0 Å². The number of thiazole rings is 1. The molecule has 134 valence electrons. The SMILES string of the molecule is Cc1nc(CN2CCOCC23CCN(Cc2cccnc2)CC3)cs1. The van der Waals surface area contributed by atoms with Gasteiger partial charge < -0.3 is 4.74 Å². The molecule has 4 rings (SSSR count). The van der Waals surface area contributed by atoms with Gasteiger partial charge in [-0.05, 0) is 31.4 Å². The molecule has 0 atom stereocenters. The third kappa shape index (κ3) is 3.92. The van der Waals surface area contributed by atoms with E-state index in [1.807, 2.05) is 18.5 Å². The molecule has 0 aliphatic carbocycles. The Morgan fingerprint density at radius 2 is 2.12 bits per heavy atom. The molecule has 0 saturated carbocycles. The number of nitrogens with zero attached hydrogens (tertiary/aromatic N) is 4. The number of morpholine rings is 1. The summed E-state index contributed by atoms with van der Waals surface area (Å²) in [5.41, 5.74) is 2.69. The van der Waals surface area contributed by atoms with Crippen molar-refractivity contribution in [2.45, 2.75) is 38.4 Å². The lowest BCUT2D eigenvalue weighted by atomic mass is 9.85. The average molecular weight is 359 g/mol. The summed E-state index contributed by atoms with van der Waals surface area (Å²) < 4.78 is 5.90. The molecule has 2 saturated heterocycles. The predicted molar refractivity (Wildman–Crippen MR) is 99.6 cm³/mol. The fourth-order valence-electron chi connectivity index (χ4n) is 4.03. The zero-order chi connectivity index (χ0) is 17.1. The first-order valence-electron chi connectivity index (χ1n) is 9.09. The number of likely N-dealkylation sites (tertiary alicyclic amines) is 1. The third-order valence-electron chi connectivity index (χ3n) is 5.48. The van der Waals surface area contributed by atoms with Crippen molar-refractivity contribution in [3.8, 4) is 0 Å². The number of hydrogen-bond acceptors (Lipinski definition) is 6. The van der Waals surface area contributed by atoms with Crippen molar-refractivity contribution in [2.24, 2.45) is 0 Å². The van der Waals surface area contributed by atoms with Crippen LogP contribution in [-0.4, -0.2) is 58.2 Å². The van der Waals surface area contributed by atoms with E-state index in [-0.39, 0.29) is 5.54 Å². The minimum Gasteiger partial charge on any atom is -0.378 e. The Labute approximate surface area is 153 Å². The van der Waals surface area contributed by atoms with Crippen LogP contribution in [0, 0.1) is 6.92 Å². The Morgan fingerprint density at radius 3 is 2.84 bits per heavy atom. The number of aromatic nitrogens is 2. The van der Waals surface area contributed by atoms with E-state index in [0.29, 0.717) is 0 Å². The van der Waals surface area contributed by atoms with Crippen LogP contribution in [0.1, 0.15) is 29.1 Å². The van der Waals surface area contributed by atoms with Crippen LogP contribution < -0.4 is 0 Å². The van der Waals surface area contributed by atoms with E-state index in [9.17, 15) is 0 Å². The Hall–Kier alpha value is -1.34. The van der Waals surface area contributed by atoms with Gasteiger partial charge >= 0.3 is 0 Å². The maximum atomic E-state index is 5.90. The lowest BCUT2D eigenvalue weighted by Gasteiger charge is -2.51. The topological polar surface area (TPSA) is 41.5 Å². The van der Waals surface area contributed by atoms with E-state index >= 15 is 0 Å². The van der Waals surface area contributed by atoms with Crippen molar-refractivity contribution < 1.29 is 4.74 Å². The normalized spacial score (nSPS) is 21.6. The van der Waals surface area contributed by atoms with Crippen molar-refractivity contribution >= 4 is 11.3 Å². The minimum absolute atomic E-state index is 0.182. The van der Waals surface area contributed by atoms with Gasteiger partial charge in [-0.2, -0.15) is 0 Å². The summed E-state index contributed by atoms with van der Waals surface area (Å²) in [4.78, 5) is 14.1. The van der Waals surface area contributed by atoms with Crippen LogP contribution in [0.25, 0.3) is 0 Å². The van der Waals surface area contributed by atoms with Gasteiger partial charge in [-0.3, -0.25) is 14.8 Å². The number of ether oxygens (including phenoxy) is 1. The number of aryl methyl sites for hydroxylation is 1. The summed E-state index contributed by atoms with van der Waals surface area (Å²) in [6.07, 6.45) is 6.14. The maximum Gasteiger partial charge on any atom is 0.0897 e. The van der Waals surface area contributed by atoms with Crippen LogP contribution in [0.5, 0.6) is 0 Å². The summed E-state index contributed by atoms with van der Waals surface area (Å²) in [5, 5.41) is 3.36.